The molecule has 166 valence electrons. The lowest BCUT2D eigenvalue weighted by atomic mass is 10.1. The van der Waals surface area contributed by atoms with E-state index in [1.54, 1.807) is 29.2 Å². The van der Waals surface area contributed by atoms with Gasteiger partial charge < -0.3 is 28.8 Å². The standard InChI is InChI=1S/C22H34N4O4/c1-22(2,3)23-21(28)25(12-8-13-29-5)17-20(27)26(16-19-10-7-14-30-19)15-18-9-6-11-24(18)4/h6-7,9-11,14H,8,12-13,15-17H2,1-5H3,(H,23,28). The number of rotatable bonds is 10. The second-order valence-corrected chi connectivity index (χ2v) is 8.39. The van der Waals surface area contributed by atoms with Crippen LogP contribution in [-0.2, 0) is 29.7 Å². The summed E-state index contributed by atoms with van der Waals surface area (Å²) in [5.41, 5.74) is 0.608. The molecule has 0 bridgehead atoms. The van der Waals surface area contributed by atoms with Crippen LogP contribution in [0, 0.1) is 0 Å². The molecule has 0 aromatic carbocycles. The number of hydrogen-bond acceptors (Lipinski definition) is 4. The zero-order chi connectivity index (χ0) is 22.1. The van der Waals surface area contributed by atoms with Gasteiger partial charge in [-0.2, -0.15) is 0 Å². The Morgan fingerprint density at radius 3 is 2.50 bits per heavy atom. The fourth-order valence-electron chi connectivity index (χ4n) is 2.99. The first-order valence-corrected chi connectivity index (χ1v) is 10.2. The summed E-state index contributed by atoms with van der Waals surface area (Å²) in [5.74, 6) is 0.553. The zero-order valence-corrected chi connectivity index (χ0v) is 18.7. The van der Waals surface area contributed by atoms with Gasteiger partial charge in [0.15, 0.2) is 0 Å². The maximum Gasteiger partial charge on any atom is 0.318 e. The fourth-order valence-corrected chi connectivity index (χ4v) is 2.99. The molecule has 0 fully saturated rings. The lowest BCUT2D eigenvalue weighted by Crippen LogP contribution is -2.51. The van der Waals surface area contributed by atoms with Gasteiger partial charge in [-0.1, -0.05) is 0 Å². The van der Waals surface area contributed by atoms with Crippen LogP contribution in [-0.4, -0.2) is 58.7 Å². The number of nitrogens with one attached hydrogen (secondary N) is 1. The monoisotopic (exact) mass is 418 g/mol. The molecule has 0 unspecified atom stereocenters. The Labute approximate surface area is 178 Å². The molecule has 2 aromatic rings. The minimum absolute atomic E-state index is 0.0171. The summed E-state index contributed by atoms with van der Waals surface area (Å²) in [5, 5.41) is 2.94. The molecular weight excluding hydrogens is 384 g/mol. The lowest BCUT2D eigenvalue weighted by molar-refractivity contribution is -0.133. The van der Waals surface area contributed by atoms with E-state index in [1.165, 1.54) is 0 Å². The Morgan fingerprint density at radius 2 is 1.93 bits per heavy atom. The molecule has 1 N–H and O–H groups in total. The number of amides is 3. The first kappa shape index (κ1) is 23.5. The molecule has 2 heterocycles. The molecule has 2 rings (SSSR count). The van der Waals surface area contributed by atoms with Gasteiger partial charge in [0.25, 0.3) is 0 Å². The summed E-state index contributed by atoms with van der Waals surface area (Å²) in [6.45, 7) is 7.44. The van der Waals surface area contributed by atoms with E-state index in [-0.39, 0.29) is 18.5 Å². The summed E-state index contributed by atoms with van der Waals surface area (Å²) in [6.07, 6.45) is 4.18. The number of aromatic nitrogens is 1. The van der Waals surface area contributed by atoms with Crippen LogP contribution in [0.1, 0.15) is 38.6 Å². The highest BCUT2D eigenvalue weighted by Gasteiger charge is 2.25. The first-order chi connectivity index (χ1) is 14.2. The molecule has 0 saturated carbocycles. The number of aryl methyl sites for hydroxylation is 1. The van der Waals surface area contributed by atoms with Crippen molar-refractivity contribution in [2.24, 2.45) is 7.05 Å². The van der Waals surface area contributed by atoms with Crippen LogP contribution in [0.2, 0.25) is 0 Å². The SMILES string of the molecule is COCCCN(CC(=O)N(Cc1ccco1)Cc1cccn1C)C(=O)NC(C)(C)C. The molecule has 0 aliphatic heterocycles. The number of hydrogen-bond donors (Lipinski definition) is 1. The van der Waals surface area contributed by atoms with E-state index in [2.05, 4.69) is 5.32 Å². The van der Waals surface area contributed by atoms with Crippen LogP contribution in [0.3, 0.4) is 0 Å². The van der Waals surface area contributed by atoms with Crippen molar-refractivity contribution in [3.8, 4) is 0 Å². The van der Waals surface area contributed by atoms with E-state index in [1.807, 2.05) is 56.8 Å². The van der Waals surface area contributed by atoms with Crippen LogP contribution in [0.5, 0.6) is 0 Å². The third kappa shape index (κ3) is 7.59. The van der Waals surface area contributed by atoms with Crippen molar-refractivity contribution in [3.63, 3.8) is 0 Å². The van der Waals surface area contributed by atoms with Crippen molar-refractivity contribution in [1.29, 1.82) is 0 Å². The second-order valence-electron chi connectivity index (χ2n) is 8.39. The number of nitrogens with zero attached hydrogens (tertiary/aromatic N) is 3. The second kappa shape index (κ2) is 10.9. The lowest BCUT2D eigenvalue weighted by Gasteiger charge is -2.30. The van der Waals surface area contributed by atoms with E-state index < -0.39 is 5.54 Å². The van der Waals surface area contributed by atoms with Gasteiger partial charge in [0.1, 0.15) is 12.3 Å². The Morgan fingerprint density at radius 1 is 1.17 bits per heavy atom. The highest BCUT2D eigenvalue weighted by molar-refractivity contribution is 5.84. The molecule has 2 aromatic heterocycles. The van der Waals surface area contributed by atoms with Crippen molar-refractivity contribution >= 4 is 11.9 Å². The smallest absolute Gasteiger partial charge is 0.318 e. The van der Waals surface area contributed by atoms with Crippen molar-refractivity contribution in [2.75, 3.05) is 26.8 Å². The van der Waals surface area contributed by atoms with E-state index >= 15 is 0 Å². The van der Waals surface area contributed by atoms with Crippen LogP contribution in [0.25, 0.3) is 0 Å². The summed E-state index contributed by atoms with van der Waals surface area (Å²) in [6, 6.07) is 7.30. The van der Waals surface area contributed by atoms with Crippen molar-refractivity contribution < 1.29 is 18.7 Å². The first-order valence-electron chi connectivity index (χ1n) is 10.2. The molecule has 0 spiro atoms. The van der Waals surface area contributed by atoms with E-state index in [0.29, 0.717) is 38.4 Å². The fraction of sp³-hybridized carbons (Fsp3) is 0.545. The molecule has 0 radical (unpaired) electrons. The van der Waals surface area contributed by atoms with Gasteiger partial charge in [-0.3, -0.25) is 4.79 Å². The number of carbonyl (C=O) groups excluding carboxylic acids is 2. The molecule has 3 amide bonds. The Bertz CT molecular complexity index is 792. The molecule has 0 atom stereocenters. The summed E-state index contributed by atoms with van der Waals surface area (Å²) in [4.78, 5) is 29.3. The van der Waals surface area contributed by atoms with Gasteiger partial charge in [-0.25, -0.2) is 4.79 Å². The third-order valence-corrected chi connectivity index (χ3v) is 4.56. The Kier molecular flexibility index (Phi) is 8.53. The largest absolute Gasteiger partial charge is 0.467 e. The average Bonchev–Trinajstić information content (AvgIpc) is 3.31. The molecular formula is C22H34N4O4. The predicted octanol–water partition coefficient (Wildman–Crippen LogP) is 2.99. The Balaban J connectivity index is 2.14. The maximum absolute atomic E-state index is 13.2. The highest BCUT2D eigenvalue weighted by atomic mass is 16.5. The number of ether oxygens (including phenoxy) is 1. The maximum atomic E-state index is 13.2. The number of methoxy groups -OCH3 is 1. The van der Waals surface area contributed by atoms with Crippen LogP contribution in [0.15, 0.2) is 41.1 Å². The van der Waals surface area contributed by atoms with E-state index in [9.17, 15) is 9.59 Å². The number of carbonyl (C=O) groups is 2. The van der Waals surface area contributed by atoms with Crippen LogP contribution in [0.4, 0.5) is 4.79 Å². The highest BCUT2D eigenvalue weighted by Crippen LogP contribution is 2.12. The van der Waals surface area contributed by atoms with Gasteiger partial charge in [-0.05, 0) is 51.5 Å². The van der Waals surface area contributed by atoms with Gasteiger partial charge in [0, 0.05) is 44.7 Å². The van der Waals surface area contributed by atoms with Gasteiger partial charge >= 0.3 is 6.03 Å². The van der Waals surface area contributed by atoms with Crippen LogP contribution < -0.4 is 5.32 Å². The van der Waals surface area contributed by atoms with Gasteiger partial charge in [0.2, 0.25) is 5.91 Å². The minimum Gasteiger partial charge on any atom is -0.467 e. The van der Waals surface area contributed by atoms with Gasteiger partial charge in [-0.15, -0.1) is 0 Å². The summed E-state index contributed by atoms with van der Waals surface area (Å²) >= 11 is 0. The zero-order valence-electron chi connectivity index (χ0n) is 18.7. The Hall–Kier alpha value is -2.74. The molecule has 8 heteroatoms. The van der Waals surface area contributed by atoms with E-state index in [4.69, 9.17) is 9.15 Å². The average molecular weight is 419 g/mol. The summed E-state index contributed by atoms with van der Waals surface area (Å²) in [7, 11) is 3.56. The predicted molar refractivity (Wildman–Crippen MR) is 115 cm³/mol. The van der Waals surface area contributed by atoms with E-state index in [0.717, 1.165) is 5.69 Å². The summed E-state index contributed by atoms with van der Waals surface area (Å²) < 4.78 is 12.5. The third-order valence-electron chi connectivity index (χ3n) is 4.56. The minimum atomic E-state index is -0.392. The molecule has 30 heavy (non-hydrogen) atoms. The van der Waals surface area contributed by atoms with Crippen molar-refractivity contribution in [1.82, 2.24) is 19.7 Å². The molecule has 0 aliphatic rings. The number of urea groups is 1. The van der Waals surface area contributed by atoms with Gasteiger partial charge in [0.05, 0.1) is 19.4 Å². The van der Waals surface area contributed by atoms with Crippen molar-refractivity contribution in [3.05, 3.63) is 48.2 Å². The quantitative estimate of drug-likeness (QED) is 0.602. The molecule has 0 saturated heterocycles. The normalized spacial score (nSPS) is 11.4. The molecule has 0 aliphatic carbocycles. The molecule has 8 nitrogen and oxygen atoms in total. The van der Waals surface area contributed by atoms with Crippen molar-refractivity contribution in [2.45, 2.75) is 45.8 Å². The van der Waals surface area contributed by atoms with Crippen LogP contribution >= 0.6 is 0 Å². The topological polar surface area (TPSA) is 80.0 Å². The number of furan rings is 1.